The zero-order valence-electron chi connectivity index (χ0n) is 8.54. The van der Waals surface area contributed by atoms with Gasteiger partial charge in [0, 0.05) is 4.47 Å². The molecule has 0 aliphatic rings. The molecule has 1 amide bonds. The van der Waals surface area contributed by atoms with Crippen LogP contribution in [0.25, 0.3) is 0 Å². The second-order valence-corrected chi connectivity index (χ2v) is 6.26. The van der Waals surface area contributed by atoms with Gasteiger partial charge < -0.3 is 5.73 Å². The summed E-state index contributed by atoms with van der Waals surface area (Å²) < 4.78 is 1.70. The maximum Gasteiger partial charge on any atom is 0.235 e. The molecule has 1 atom stereocenters. The first-order valence-corrected chi connectivity index (χ1v) is 7.19. The van der Waals surface area contributed by atoms with E-state index in [1.807, 2.05) is 24.3 Å². The highest BCUT2D eigenvalue weighted by Crippen LogP contribution is 2.35. The highest BCUT2D eigenvalue weighted by molar-refractivity contribution is 9.10. The van der Waals surface area contributed by atoms with Gasteiger partial charge in [0.25, 0.3) is 0 Å². The quantitative estimate of drug-likeness (QED) is 0.875. The molecule has 0 aliphatic heterocycles. The number of nitrogens with two attached hydrogens (primary N) is 1. The Morgan fingerprint density at radius 3 is 2.65 bits per heavy atom. The zero-order chi connectivity index (χ0) is 12.3. The Kier molecular flexibility index (Phi) is 4.14. The van der Waals surface area contributed by atoms with Gasteiger partial charge in [-0.1, -0.05) is 51.2 Å². The van der Waals surface area contributed by atoms with Gasteiger partial charge in [-0.3, -0.25) is 4.79 Å². The summed E-state index contributed by atoms with van der Waals surface area (Å²) in [4.78, 5) is 11.5. The van der Waals surface area contributed by atoms with Gasteiger partial charge in [0.05, 0.1) is 0 Å². The van der Waals surface area contributed by atoms with Crippen molar-refractivity contribution in [2.24, 2.45) is 5.73 Å². The van der Waals surface area contributed by atoms with E-state index in [0.29, 0.717) is 0 Å². The van der Waals surface area contributed by atoms with Crippen molar-refractivity contribution in [2.75, 3.05) is 0 Å². The zero-order valence-corrected chi connectivity index (χ0v) is 11.8. The number of primary amides is 1. The van der Waals surface area contributed by atoms with E-state index < -0.39 is 5.25 Å². The molecule has 17 heavy (non-hydrogen) atoms. The van der Waals surface area contributed by atoms with Crippen LogP contribution in [-0.4, -0.2) is 16.1 Å². The molecule has 88 valence electrons. The lowest BCUT2D eigenvalue weighted by Crippen LogP contribution is -2.18. The molecular formula is C10H8BrN3OS2. The van der Waals surface area contributed by atoms with Crippen molar-refractivity contribution in [3.05, 3.63) is 39.8 Å². The van der Waals surface area contributed by atoms with Gasteiger partial charge in [0.15, 0.2) is 4.34 Å². The SMILES string of the molecule is NC(=O)C(Sc1nncs1)c1ccc(Br)cc1. The molecule has 2 rings (SSSR count). The standard InChI is InChI=1S/C10H8BrN3OS2/c11-7-3-1-6(2-4-7)8(9(12)15)17-10-14-13-5-16-10/h1-5,8H,(H2,12,15). The molecule has 4 nitrogen and oxygen atoms in total. The van der Waals surface area contributed by atoms with Crippen LogP contribution in [0.5, 0.6) is 0 Å². The maximum atomic E-state index is 11.5. The lowest BCUT2D eigenvalue weighted by Gasteiger charge is -2.11. The number of halogens is 1. The Labute approximate surface area is 115 Å². The van der Waals surface area contributed by atoms with E-state index in [-0.39, 0.29) is 5.91 Å². The molecule has 0 saturated carbocycles. The van der Waals surface area contributed by atoms with Gasteiger partial charge in [-0.15, -0.1) is 10.2 Å². The van der Waals surface area contributed by atoms with Crippen molar-refractivity contribution in [1.82, 2.24) is 10.2 Å². The lowest BCUT2D eigenvalue weighted by atomic mass is 10.1. The van der Waals surface area contributed by atoms with Crippen molar-refractivity contribution < 1.29 is 4.79 Å². The summed E-state index contributed by atoms with van der Waals surface area (Å²) in [5, 5.41) is 7.19. The number of aromatic nitrogens is 2. The summed E-state index contributed by atoms with van der Waals surface area (Å²) in [7, 11) is 0. The molecule has 0 spiro atoms. The average molecular weight is 330 g/mol. The summed E-state index contributed by atoms with van der Waals surface area (Å²) in [6.07, 6.45) is 0. The third kappa shape index (κ3) is 3.27. The topological polar surface area (TPSA) is 68.9 Å². The molecule has 1 unspecified atom stereocenters. The summed E-state index contributed by atoms with van der Waals surface area (Å²) >= 11 is 6.06. The molecule has 1 aromatic heterocycles. The molecule has 0 saturated heterocycles. The number of carbonyl (C=O) groups excluding carboxylic acids is 1. The number of nitrogens with zero attached hydrogens (tertiary/aromatic N) is 2. The number of carbonyl (C=O) groups is 1. The first kappa shape index (κ1) is 12.5. The highest BCUT2D eigenvalue weighted by atomic mass is 79.9. The summed E-state index contributed by atoms with van der Waals surface area (Å²) in [6, 6.07) is 7.50. The second kappa shape index (κ2) is 5.61. The van der Waals surface area contributed by atoms with Crippen LogP contribution in [0.1, 0.15) is 10.8 Å². The van der Waals surface area contributed by atoms with Crippen LogP contribution in [0.2, 0.25) is 0 Å². The normalized spacial score (nSPS) is 12.3. The van der Waals surface area contributed by atoms with Crippen molar-refractivity contribution in [3.63, 3.8) is 0 Å². The van der Waals surface area contributed by atoms with Crippen LogP contribution in [0.4, 0.5) is 0 Å². The number of amides is 1. The van der Waals surface area contributed by atoms with Gasteiger partial charge in [-0.25, -0.2) is 0 Å². The van der Waals surface area contributed by atoms with Crippen molar-refractivity contribution >= 4 is 44.9 Å². The largest absolute Gasteiger partial charge is 0.368 e. The van der Waals surface area contributed by atoms with Crippen molar-refractivity contribution in [1.29, 1.82) is 0 Å². The third-order valence-corrected chi connectivity index (χ3v) is 4.60. The molecule has 1 aromatic carbocycles. The third-order valence-electron chi connectivity index (χ3n) is 1.99. The van der Waals surface area contributed by atoms with E-state index in [2.05, 4.69) is 26.1 Å². The van der Waals surface area contributed by atoms with Crippen molar-refractivity contribution in [3.8, 4) is 0 Å². The number of rotatable bonds is 4. The maximum absolute atomic E-state index is 11.5. The fraction of sp³-hybridized carbons (Fsp3) is 0.100. The van der Waals surface area contributed by atoms with Crippen LogP contribution in [-0.2, 0) is 4.79 Å². The molecule has 2 N–H and O–H groups in total. The summed E-state index contributed by atoms with van der Waals surface area (Å²) in [5.74, 6) is -0.382. The number of benzene rings is 1. The minimum Gasteiger partial charge on any atom is -0.368 e. The van der Waals surface area contributed by atoms with Crippen molar-refractivity contribution in [2.45, 2.75) is 9.59 Å². The van der Waals surface area contributed by atoms with E-state index in [9.17, 15) is 4.79 Å². The van der Waals surface area contributed by atoms with Gasteiger partial charge in [0.2, 0.25) is 5.91 Å². The Morgan fingerprint density at radius 1 is 1.41 bits per heavy atom. The van der Waals surface area contributed by atoms with Gasteiger partial charge in [0.1, 0.15) is 10.8 Å². The number of thioether (sulfide) groups is 1. The minimum atomic E-state index is -0.434. The molecule has 0 radical (unpaired) electrons. The highest BCUT2D eigenvalue weighted by Gasteiger charge is 2.20. The molecule has 0 bridgehead atoms. The number of hydrogen-bond acceptors (Lipinski definition) is 5. The van der Waals surface area contributed by atoms with Gasteiger partial charge in [-0.2, -0.15) is 0 Å². The monoisotopic (exact) mass is 329 g/mol. The van der Waals surface area contributed by atoms with Crippen LogP contribution < -0.4 is 5.73 Å². The first-order valence-electron chi connectivity index (χ1n) is 4.64. The molecule has 1 heterocycles. The fourth-order valence-electron chi connectivity index (χ4n) is 1.24. The summed E-state index contributed by atoms with van der Waals surface area (Å²) in [5.41, 5.74) is 7.90. The Hall–Kier alpha value is -0.920. The predicted molar refractivity (Wildman–Crippen MR) is 71.8 cm³/mol. The summed E-state index contributed by atoms with van der Waals surface area (Å²) in [6.45, 7) is 0. The fourth-order valence-corrected chi connectivity index (χ4v) is 3.13. The Balaban J connectivity index is 2.23. The molecule has 0 aliphatic carbocycles. The lowest BCUT2D eigenvalue weighted by molar-refractivity contribution is -0.117. The van der Waals surface area contributed by atoms with E-state index in [1.54, 1.807) is 5.51 Å². The second-order valence-electron chi connectivity index (χ2n) is 3.16. The average Bonchev–Trinajstić information content (AvgIpc) is 2.80. The molecule has 0 fully saturated rings. The number of hydrogen-bond donors (Lipinski definition) is 1. The minimum absolute atomic E-state index is 0.382. The van der Waals surface area contributed by atoms with Gasteiger partial charge in [-0.05, 0) is 17.7 Å². The van der Waals surface area contributed by atoms with E-state index in [4.69, 9.17) is 5.73 Å². The van der Waals surface area contributed by atoms with Crippen LogP contribution >= 0.6 is 39.0 Å². The van der Waals surface area contributed by atoms with Crippen LogP contribution in [0.3, 0.4) is 0 Å². The van der Waals surface area contributed by atoms with Crippen LogP contribution in [0, 0.1) is 0 Å². The Morgan fingerprint density at radius 2 is 2.12 bits per heavy atom. The van der Waals surface area contributed by atoms with Gasteiger partial charge >= 0.3 is 0 Å². The molecular weight excluding hydrogens is 322 g/mol. The molecule has 7 heteroatoms. The Bertz CT molecular complexity index is 501. The van der Waals surface area contributed by atoms with E-state index in [1.165, 1.54) is 23.1 Å². The van der Waals surface area contributed by atoms with E-state index >= 15 is 0 Å². The smallest absolute Gasteiger partial charge is 0.235 e. The van der Waals surface area contributed by atoms with Crippen LogP contribution in [0.15, 0.2) is 38.6 Å². The molecule has 2 aromatic rings. The predicted octanol–water partition coefficient (Wildman–Crippen LogP) is 2.62. The first-order chi connectivity index (χ1) is 8.16. The van der Waals surface area contributed by atoms with E-state index in [0.717, 1.165) is 14.4 Å².